The minimum absolute atomic E-state index is 0.124. The van der Waals surface area contributed by atoms with Gasteiger partial charge in [0.05, 0.1) is 0 Å². The second-order valence-electron chi connectivity index (χ2n) is 6.44. The molecule has 1 aromatic rings. The van der Waals surface area contributed by atoms with Crippen molar-refractivity contribution >= 4 is 18.0 Å². The van der Waals surface area contributed by atoms with Gasteiger partial charge in [0.25, 0.3) is 5.91 Å². The van der Waals surface area contributed by atoms with E-state index < -0.39 is 12.1 Å². The molecule has 0 bridgehead atoms. The molecular formula is C19H27N3O3. The molecule has 1 amide bonds. The molecule has 6 heteroatoms. The molecular weight excluding hydrogens is 318 g/mol. The fourth-order valence-corrected chi connectivity index (χ4v) is 2.51. The first-order chi connectivity index (χ1) is 11.7. The molecule has 0 spiro atoms. The number of carbonyl (C=O) groups excluding carboxylic acids is 2. The number of nitriles is 1. The van der Waals surface area contributed by atoms with Crippen LogP contribution in [-0.2, 0) is 20.9 Å². The van der Waals surface area contributed by atoms with Gasteiger partial charge in [0.2, 0.25) is 0 Å². The molecule has 6 nitrogen and oxygen atoms in total. The Morgan fingerprint density at radius 3 is 2.52 bits per heavy atom. The third-order valence-electron chi connectivity index (χ3n) is 3.80. The number of rotatable bonds is 7. The van der Waals surface area contributed by atoms with Crippen LogP contribution < -0.4 is 5.32 Å². The molecule has 0 aliphatic carbocycles. The average Bonchev–Trinajstić information content (AvgIpc) is 2.79. The predicted molar refractivity (Wildman–Crippen MR) is 96.6 cm³/mol. The molecule has 0 unspecified atom stereocenters. The Kier molecular flexibility index (Phi) is 7.43. The number of esters is 1. The second kappa shape index (κ2) is 9.07. The van der Waals surface area contributed by atoms with Crippen LogP contribution in [0.25, 0.3) is 6.08 Å². The summed E-state index contributed by atoms with van der Waals surface area (Å²) in [5, 5.41) is 11.9. The van der Waals surface area contributed by atoms with Crippen molar-refractivity contribution in [2.24, 2.45) is 5.92 Å². The number of carbonyl (C=O) groups is 2. The lowest BCUT2D eigenvalue weighted by atomic mass is 10.1. The van der Waals surface area contributed by atoms with E-state index in [4.69, 9.17) is 4.74 Å². The van der Waals surface area contributed by atoms with Crippen LogP contribution in [0, 0.1) is 31.1 Å². The Hall–Kier alpha value is -2.55. The number of hydrogen-bond donors (Lipinski definition) is 1. The molecule has 1 rings (SSSR count). The van der Waals surface area contributed by atoms with Crippen LogP contribution in [0.2, 0.25) is 0 Å². The van der Waals surface area contributed by atoms with Crippen molar-refractivity contribution in [3.8, 4) is 6.07 Å². The normalized spacial score (nSPS) is 12.6. The first-order valence-electron chi connectivity index (χ1n) is 8.48. The molecule has 0 aliphatic rings. The summed E-state index contributed by atoms with van der Waals surface area (Å²) in [6.45, 7) is 12.8. The third-order valence-corrected chi connectivity index (χ3v) is 3.80. The van der Waals surface area contributed by atoms with E-state index in [0.29, 0.717) is 12.5 Å². The summed E-state index contributed by atoms with van der Waals surface area (Å²) in [4.78, 5) is 23.8. The summed E-state index contributed by atoms with van der Waals surface area (Å²) in [5.74, 6) is -0.696. The molecule has 0 aliphatic heterocycles. The highest BCUT2D eigenvalue weighted by Gasteiger charge is 2.20. The monoisotopic (exact) mass is 345 g/mol. The Morgan fingerprint density at radius 2 is 2.00 bits per heavy atom. The number of nitrogens with zero attached hydrogens (tertiary/aromatic N) is 2. The number of amides is 1. The van der Waals surface area contributed by atoms with Crippen LogP contribution in [0.1, 0.15) is 44.6 Å². The lowest BCUT2D eigenvalue weighted by Crippen LogP contribution is -2.35. The van der Waals surface area contributed by atoms with Crippen LogP contribution in [0.3, 0.4) is 0 Å². The molecule has 0 saturated heterocycles. The van der Waals surface area contributed by atoms with E-state index in [0.717, 1.165) is 23.5 Å². The Labute approximate surface area is 149 Å². The lowest BCUT2D eigenvalue weighted by molar-refractivity contribution is -0.150. The van der Waals surface area contributed by atoms with E-state index in [-0.39, 0.29) is 11.5 Å². The number of likely N-dealkylation sites (N-methyl/N-ethyl adjacent to an activating group) is 1. The highest BCUT2D eigenvalue weighted by atomic mass is 16.5. The summed E-state index contributed by atoms with van der Waals surface area (Å²) in [6.07, 6.45) is 0.573. The summed E-state index contributed by atoms with van der Waals surface area (Å²) in [7, 11) is 0. The minimum Gasteiger partial charge on any atom is -0.448 e. The van der Waals surface area contributed by atoms with Gasteiger partial charge in [0.1, 0.15) is 11.6 Å². The Morgan fingerprint density at radius 1 is 1.36 bits per heavy atom. The minimum atomic E-state index is -0.947. The molecule has 0 fully saturated rings. The Bertz CT molecular complexity index is 708. The van der Waals surface area contributed by atoms with Crippen LogP contribution in [-0.4, -0.2) is 29.1 Å². The van der Waals surface area contributed by atoms with Crippen molar-refractivity contribution in [1.29, 1.82) is 5.26 Å². The highest BCUT2D eigenvalue weighted by Crippen LogP contribution is 2.20. The van der Waals surface area contributed by atoms with E-state index >= 15 is 0 Å². The zero-order valence-corrected chi connectivity index (χ0v) is 15.8. The second-order valence-corrected chi connectivity index (χ2v) is 6.44. The predicted octanol–water partition coefficient (Wildman–Crippen LogP) is 2.74. The number of nitrogens with one attached hydrogen (secondary N) is 1. The van der Waals surface area contributed by atoms with Crippen molar-refractivity contribution in [3.05, 3.63) is 28.6 Å². The van der Waals surface area contributed by atoms with Gasteiger partial charge >= 0.3 is 5.97 Å². The zero-order valence-electron chi connectivity index (χ0n) is 15.8. The van der Waals surface area contributed by atoms with Crippen LogP contribution >= 0.6 is 0 Å². The topological polar surface area (TPSA) is 84.1 Å². The van der Waals surface area contributed by atoms with Gasteiger partial charge in [-0.2, -0.15) is 5.26 Å². The van der Waals surface area contributed by atoms with Gasteiger partial charge in [0.15, 0.2) is 6.10 Å². The number of aryl methyl sites for hydroxylation is 1. The fraction of sp³-hybridized carbons (Fsp3) is 0.526. The molecule has 25 heavy (non-hydrogen) atoms. The van der Waals surface area contributed by atoms with E-state index in [1.165, 1.54) is 13.0 Å². The van der Waals surface area contributed by atoms with Gasteiger partial charge in [-0.3, -0.25) is 4.79 Å². The van der Waals surface area contributed by atoms with E-state index in [1.807, 2.05) is 26.0 Å². The number of ether oxygens (including phenoxy) is 1. The number of hydrogen-bond acceptors (Lipinski definition) is 4. The van der Waals surface area contributed by atoms with Gasteiger partial charge in [-0.25, -0.2) is 4.79 Å². The summed E-state index contributed by atoms with van der Waals surface area (Å²) >= 11 is 0. The number of aromatic nitrogens is 1. The van der Waals surface area contributed by atoms with Crippen LogP contribution in [0.5, 0.6) is 0 Å². The lowest BCUT2D eigenvalue weighted by Gasteiger charge is -2.12. The zero-order chi connectivity index (χ0) is 19.1. The maximum absolute atomic E-state index is 12.2. The molecule has 1 N–H and O–H groups in total. The SMILES string of the molecule is CCNC(=O)[C@H](C)OC(=O)/C(C#N)=C/c1cc(C)n(CC(C)C)c1C. The largest absolute Gasteiger partial charge is 0.448 e. The highest BCUT2D eigenvalue weighted by molar-refractivity contribution is 5.99. The van der Waals surface area contributed by atoms with Gasteiger partial charge in [-0.15, -0.1) is 0 Å². The fourth-order valence-electron chi connectivity index (χ4n) is 2.51. The molecule has 1 atom stereocenters. The van der Waals surface area contributed by atoms with E-state index in [2.05, 4.69) is 23.7 Å². The maximum Gasteiger partial charge on any atom is 0.349 e. The summed E-state index contributed by atoms with van der Waals surface area (Å²) in [6, 6.07) is 3.81. The maximum atomic E-state index is 12.2. The van der Waals surface area contributed by atoms with Gasteiger partial charge in [-0.05, 0) is 51.3 Å². The first-order valence-corrected chi connectivity index (χ1v) is 8.48. The van der Waals surface area contributed by atoms with Crippen LogP contribution in [0.15, 0.2) is 11.6 Å². The first kappa shape index (κ1) is 20.5. The molecule has 0 radical (unpaired) electrons. The van der Waals surface area contributed by atoms with Crippen molar-refractivity contribution in [3.63, 3.8) is 0 Å². The van der Waals surface area contributed by atoms with E-state index in [9.17, 15) is 14.9 Å². The quantitative estimate of drug-likeness (QED) is 0.468. The van der Waals surface area contributed by atoms with Crippen molar-refractivity contribution in [2.75, 3.05) is 6.54 Å². The summed E-state index contributed by atoms with van der Waals surface area (Å²) in [5.41, 5.74) is 2.74. The summed E-state index contributed by atoms with van der Waals surface area (Å²) < 4.78 is 7.24. The third kappa shape index (κ3) is 5.49. The van der Waals surface area contributed by atoms with Gasteiger partial charge in [0, 0.05) is 24.5 Å². The van der Waals surface area contributed by atoms with Crippen molar-refractivity contribution in [1.82, 2.24) is 9.88 Å². The van der Waals surface area contributed by atoms with Crippen molar-refractivity contribution in [2.45, 2.75) is 54.2 Å². The smallest absolute Gasteiger partial charge is 0.349 e. The molecule has 1 aromatic heterocycles. The Balaban J connectivity index is 3.02. The molecule has 1 heterocycles. The van der Waals surface area contributed by atoms with Gasteiger partial charge in [-0.1, -0.05) is 13.8 Å². The molecule has 0 aromatic carbocycles. The van der Waals surface area contributed by atoms with E-state index in [1.54, 1.807) is 6.92 Å². The molecule has 136 valence electrons. The van der Waals surface area contributed by atoms with Crippen molar-refractivity contribution < 1.29 is 14.3 Å². The van der Waals surface area contributed by atoms with Gasteiger partial charge < -0.3 is 14.6 Å². The average molecular weight is 345 g/mol. The standard InChI is InChI=1S/C19H27N3O3/c1-7-21-18(23)15(6)25-19(24)17(10-20)9-16-8-13(4)22(14(16)5)11-12(2)3/h8-9,12,15H,7,11H2,1-6H3,(H,21,23)/b17-9+/t15-/m0/s1. The van der Waals surface area contributed by atoms with Crippen LogP contribution in [0.4, 0.5) is 0 Å². The molecule has 0 saturated carbocycles.